The van der Waals surface area contributed by atoms with Crippen molar-refractivity contribution in [3.8, 4) is 0 Å². The summed E-state index contributed by atoms with van der Waals surface area (Å²) in [6.45, 7) is 2.36. The first kappa shape index (κ1) is 15.6. The van der Waals surface area contributed by atoms with E-state index in [1.54, 1.807) is 18.2 Å². The highest BCUT2D eigenvalue weighted by Gasteiger charge is 2.13. The molecule has 2 rings (SSSR count). The molecule has 0 fully saturated rings. The van der Waals surface area contributed by atoms with Crippen molar-refractivity contribution in [3.63, 3.8) is 0 Å². The Morgan fingerprint density at radius 1 is 1.14 bits per heavy atom. The minimum absolute atomic E-state index is 0.0276. The molecule has 1 N–H and O–H groups in total. The Labute approximate surface area is 128 Å². The summed E-state index contributed by atoms with van der Waals surface area (Å²) in [7, 11) is 0. The van der Waals surface area contributed by atoms with Crippen LogP contribution in [0.3, 0.4) is 0 Å². The molecular weight excluding hydrogens is 285 g/mol. The zero-order valence-electron chi connectivity index (χ0n) is 11.9. The van der Waals surface area contributed by atoms with E-state index in [1.165, 1.54) is 17.8 Å². The molecule has 110 valence electrons. The number of carbonyl (C=O) groups is 1. The fourth-order valence-corrected chi connectivity index (χ4v) is 2.73. The maximum atomic E-state index is 13.5. The van der Waals surface area contributed by atoms with Crippen LogP contribution in [0.15, 0.2) is 54.6 Å². The number of benzene rings is 2. The second kappa shape index (κ2) is 7.84. The number of halogens is 1. The Balaban J connectivity index is 1.79. The summed E-state index contributed by atoms with van der Waals surface area (Å²) < 4.78 is 13.5. The summed E-state index contributed by atoms with van der Waals surface area (Å²) in [5.74, 6) is 0.245. The Morgan fingerprint density at radius 3 is 2.52 bits per heavy atom. The van der Waals surface area contributed by atoms with Crippen LogP contribution in [0.25, 0.3) is 0 Å². The lowest BCUT2D eigenvalue weighted by Gasteiger charge is -2.12. The van der Waals surface area contributed by atoms with Gasteiger partial charge in [-0.1, -0.05) is 48.5 Å². The van der Waals surface area contributed by atoms with Crippen molar-refractivity contribution in [2.45, 2.75) is 24.5 Å². The van der Waals surface area contributed by atoms with Crippen LogP contribution >= 0.6 is 11.8 Å². The molecule has 2 nitrogen and oxygen atoms in total. The van der Waals surface area contributed by atoms with E-state index in [9.17, 15) is 9.18 Å². The predicted molar refractivity (Wildman–Crippen MR) is 85.4 cm³/mol. The molecular formula is C17H18FNOS. The van der Waals surface area contributed by atoms with Crippen molar-refractivity contribution in [1.29, 1.82) is 0 Å². The SMILES string of the molecule is CC(SCc1ccccc1F)C(=O)NCc1ccccc1. The fraction of sp³-hybridized carbons (Fsp3) is 0.235. The van der Waals surface area contributed by atoms with Gasteiger partial charge in [-0.05, 0) is 24.1 Å². The number of carbonyl (C=O) groups excluding carboxylic acids is 1. The van der Waals surface area contributed by atoms with Crippen LogP contribution in [-0.4, -0.2) is 11.2 Å². The minimum atomic E-state index is -0.220. The number of thioether (sulfide) groups is 1. The van der Waals surface area contributed by atoms with Gasteiger partial charge in [0.05, 0.1) is 5.25 Å². The number of nitrogens with one attached hydrogen (secondary N) is 1. The number of hydrogen-bond acceptors (Lipinski definition) is 2. The lowest BCUT2D eigenvalue weighted by Crippen LogP contribution is -2.30. The number of hydrogen-bond donors (Lipinski definition) is 1. The Morgan fingerprint density at radius 2 is 1.81 bits per heavy atom. The first-order valence-electron chi connectivity index (χ1n) is 6.83. The number of amides is 1. The fourth-order valence-electron chi connectivity index (χ4n) is 1.83. The highest BCUT2D eigenvalue weighted by molar-refractivity contribution is 7.99. The van der Waals surface area contributed by atoms with Crippen LogP contribution in [0.1, 0.15) is 18.1 Å². The van der Waals surface area contributed by atoms with E-state index in [4.69, 9.17) is 0 Å². The minimum Gasteiger partial charge on any atom is -0.351 e. The summed E-state index contributed by atoms with van der Waals surface area (Å²) in [4.78, 5) is 12.0. The molecule has 21 heavy (non-hydrogen) atoms. The molecule has 0 heterocycles. The smallest absolute Gasteiger partial charge is 0.233 e. The molecule has 0 aliphatic carbocycles. The van der Waals surface area contributed by atoms with Crippen LogP contribution in [-0.2, 0) is 17.1 Å². The quantitative estimate of drug-likeness (QED) is 0.880. The second-order valence-corrected chi connectivity index (χ2v) is 6.08. The first-order chi connectivity index (χ1) is 10.2. The van der Waals surface area contributed by atoms with Crippen LogP contribution in [0.2, 0.25) is 0 Å². The van der Waals surface area contributed by atoms with Gasteiger partial charge in [0.15, 0.2) is 0 Å². The summed E-state index contributed by atoms with van der Waals surface area (Å²) in [5, 5.41) is 2.68. The monoisotopic (exact) mass is 303 g/mol. The molecule has 1 amide bonds. The van der Waals surface area contributed by atoms with E-state index in [0.717, 1.165) is 5.56 Å². The van der Waals surface area contributed by atoms with Crippen molar-refractivity contribution in [3.05, 3.63) is 71.5 Å². The van der Waals surface area contributed by atoms with Crippen molar-refractivity contribution in [2.75, 3.05) is 0 Å². The van der Waals surface area contributed by atoms with Gasteiger partial charge in [-0.25, -0.2) is 4.39 Å². The zero-order chi connectivity index (χ0) is 15.1. The average Bonchev–Trinajstić information content (AvgIpc) is 2.52. The van der Waals surface area contributed by atoms with Crippen LogP contribution in [0.5, 0.6) is 0 Å². The van der Waals surface area contributed by atoms with Gasteiger partial charge in [0.2, 0.25) is 5.91 Å². The standard InChI is InChI=1S/C17H18FNOS/c1-13(21-12-15-9-5-6-10-16(15)18)17(20)19-11-14-7-3-2-4-8-14/h2-10,13H,11-12H2,1H3,(H,19,20). The first-order valence-corrected chi connectivity index (χ1v) is 7.88. The van der Waals surface area contributed by atoms with E-state index in [1.807, 2.05) is 37.3 Å². The van der Waals surface area contributed by atoms with Gasteiger partial charge in [-0.3, -0.25) is 4.79 Å². The summed E-state index contributed by atoms with van der Waals surface area (Å²) >= 11 is 1.43. The largest absolute Gasteiger partial charge is 0.351 e. The van der Waals surface area contributed by atoms with Crippen LogP contribution in [0, 0.1) is 5.82 Å². The molecule has 0 aromatic heterocycles. The van der Waals surface area contributed by atoms with Gasteiger partial charge < -0.3 is 5.32 Å². The average molecular weight is 303 g/mol. The maximum absolute atomic E-state index is 13.5. The molecule has 2 aromatic carbocycles. The maximum Gasteiger partial charge on any atom is 0.233 e. The molecule has 0 aliphatic heterocycles. The number of rotatable bonds is 6. The van der Waals surface area contributed by atoms with Gasteiger partial charge >= 0.3 is 0 Å². The molecule has 0 aliphatic rings. The molecule has 1 atom stereocenters. The summed E-state index contributed by atoms with van der Waals surface area (Å²) in [6, 6.07) is 16.4. The van der Waals surface area contributed by atoms with Crippen molar-refractivity contribution < 1.29 is 9.18 Å². The molecule has 0 bridgehead atoms. The van der Waals surface area contributed by atoms with Crippen molar-refractivity contribution in [2.24, 2.45) is 0 Å². The molecule has 4 heteroatoms. The predicted octanol–water partition coefficient (Wildman–Crippen LogP) is 3.76. The van der Waals surface area contributed by atoms with Crippen molar-refractivity contribution >= 4 is 17.7 Å². The third-order valence-electron chi connectivity index (χ3n) is 3.13. The summed E-state index contributed by atoms with van der Waals surface area (Å²) in [5.41, 5.74) is 1.70. The normalized spacial score (nSPS) is 11.9. The van der Waals surface area contributed by atoms with E-state index in [2.05, 4.69) is 5.32 Å². The van der Waals surface area contributed by atoms with Crippen LogP contribution < -0.4 is 5.32 Å². The topological polar surface area (TPSA) is 29.1 Å². The third kappa shape index (κ3) is 4.90. The van der Waals surface area contributed by atoms with E-state index >= 15 is 0 Å². The lowest BCUT2D eigenvalue weighted by atomic mass is 10.2. The van der Waals surface area contributed by atoms with E-state index < -0.39 is 0 Å². The van der Waals surface area contributed by atoms with Gasteiger partial charge in [0.25, 0.3) is 0 Å². The van der Waals surface area contributed by atoms with Crippen LogP contribution in [0.4, 0.5) is 4.39 Å². The lowest BCUT2D eigenvalue weighted by molar-refractivity contribution is -0.120. The molecule has 2 aromatic rings. The summed E-state index contributed by atoms with van der Waals surface area (Å²) in [6.07, 6.45) is 0. The van der Waals surface area contributed by atoms with Gasteiger partial charge in [-0.15, -0.1) is 11.8 Å². The van der Waals surface area contributed by atoms with Gasteiger partial charge in [0, 0.05) is 12.3 Å². The van der Waals surface area contributed by atoms with E-state index in [0.29, 0.717) is 17.9 Å². The van der Waals surface area contributed by atoms with Gasteiger partial charge in [0.1, 0.15) is 5.82 Å². The third-order valence-corrected chi connectivity index (χ3v) is 4.32. The Kier molecular flexibility index (Phi) is 5.81. The van der Waals surface area contributed by atoms with E-state index in [-0.39, 0.29) is 17.0 Å². The second-order valence-electron chi connectivity index (χ2n) is 4.75. The highest BCUT2D eigenvalue weighted by Crippen LogP contribution is 2.19. The van der Waals surface area contributed by atoms with Gasteiger partial charge in [-0.2, -0.15) is 0 Å². The molecule has 0 saturated carbocycles. The molecule has 0 spiro atoms. The van der Waals surface area contributed by atoms with Crippen molar-refractivity contribution in [1.82, 2.24) is 5.32 Å². The molecule has 0 saturated heterocycles. The highest BCUT2D eigenvalue weighted by atomic mass is 32.2. The Hall–Kier alpha value is -1.81. The molecule has 0 radical (unpaired) electrons. The Bertz CT molecular complexity index is 588. The zero-order valence-corrected chi connectivity index (χ0v) is 12.7. The molecule has 1 unspecified atom stereocenters.